The van der Waals surface area contributed by atoms with Crippen molar-refractivity contribution in [1.29, 1.82) is 0 Å². The standard InChI is InChI=1S/C27H25N5O3/c33-26(20-3-7-24(8-4-20)31-27(34)21-17-28-29-18-21)19-1-5-22(6-2-19)30-23-9-11-25(12-10-23)32-13-15-35-16-14-32/h1-12,17-18,30H,13-16H2,(H,28,29)(H,31,34). The Morgan fingerprint density at radius 1 is 0.771 bits per heavy atom. The van der Waals surface area contributed by atoms with Crippen molar-refractivity contribution in [3.63, 3.8) is 0 Å². The molecule has 2 heterocycles. The van der Waals surface area contributed by atoms with Crippen molar-refractivity contribution >= 4 is 34.4 Å². The van der Waals surface area contributed by atoms with Gasteiger partial charge < -0.3 is 20.3 Å². The highest BCUT2D eigenvalue weighted by atomic mass is 16.5. The first-order chi connectivity index (χ1) is 17.2. The lowest BCUT2D eigenvalue weighted by Gasteiger charge is -2.28. The van der Waals surface area contributed by atoms with E-state index in [2.05, 4.69) is 50.0 Å². The highest BCUT2D eigenvalue weighted by molar-refractivity contribution is 6.09. The predicted octanol–water partition coefficient (Wildman–Crippen LogP) is 4.47. The molecule has 0 radical (unpaired) electrons. The van der Waals surface area contributed by atoms with Crippen molar-refractivity contribution in [3.05, 3.63) is 102 Å². The normalized spacial score (nSPS) is 13.3. The van der Waals surface area contributed by atoms with Crippen LogP contribution in [0.25, 0.3) is 0 Å². The number of rotatable bonds is 7. The number of aromatic nitrogens is 2. The fraction of sp³-hybridized carbons (Fsp3) is 0.148. The molecule has 1 fully saturated rings. The zero-order valence-electron chi connectivity index (χ0n) is 19.0. The van der Waals surface area contributed by atoms with Crippen LogP contribution >= 0.6 is 0 Å². The van der Waals surface area contributed by atoms with Crippen molar-refractivity contribution < 1.29 is 14.3 Å². The quantitative estimate of drug-likeness (QED) is 0.347. The summed E-state index contributed by atoms with van der Waals surface area (Å²) < 4.78 is 5.41. The van der Waals surface area contributed by atoms with Gasteiger partial charge in [0.1, 0.15) is 0 Å². The van der Waals surface area contributed by atoms with Crippen molar-refractivity contribution in [1.82, 2.24) is 10.2 Å². The number of nitrogens with one attached hydrogen (secondary N) is 3. The third kappa shape index (κ3) is 5.39. The average Bonchev–Trinajstić information content (AvgIpc) is 3.46. The molecule has 5 rings (SSSR count). The molecule has 0 unspecified atom stereocenters. The second-order valence-corrected chi connectivity index (χ2v) is 8.20. The smallest absolute Gasteiger partial charge is 0.258 e. The van der Waals surface area contributed by atoms with Gasteiger partial charge in [-0.3, -0.25) is 14.7 Å². The number of carbonyl (C=O) groups is 2. The Hall–Kier alpha value is -4.43. The van der Waals surface area contributed by atoms with Gasteiger partial charge in [-0.05, 0) is 72.8 Å². The maximum Gasteiger partial charge on any atom is 0.258 e. The maximum absolute atomic E-state index is 12.9. The summed E-state index contributed by atoms with van der Waals surface area (Å²) in [6.45, 7) is 3.34. The molecule has 35 heavy (non-hydrogen) atoms. The number of anilines is 4. The van der Waals surface area contributed by atoms with E-state index in [0.29, 0.717) is 22.4 Å². The van der Waals surface area contributed by atoms with Gasteiger partial charge in [0.15, 0.2) is 5.78 Å². The minimum absolute atomic E-state index is 0.0841. The van der Waals surface area contributed by atoms with Gasteiger partial charge in [-0.15, -0.1) is 0 Å². The zero-order valence-corrected chi connectivity index (χ0v) is 19.0. The molecule has 0 bridgehead atoms. The van der Waals surface area contributed by atoms with Crippen LogP contribution in [0.1, 0.15) is 26.3 Å². The summed E-state index contributed by atoms with van der Waals surface area (Å²) >= 11 is 0. The SMILES string of the molecule is O=C(Nc1ccc(C(=O)c2ccc(Nc3ccc(N4CCOCC4)cc3)cc2)cc1)c1cn[nH]c1. The molecular formula is C27H25N5O3. The van der Waals surface area contributed by atoms with E-state index in [4.69, 9.17) is 4.74 Å². The molecule has 1 amide bonds. The molecule has 0 atom stereocenters. The van der Waals surface area contributed by atoms with Crippen LogP contribution in [0.4, 0.5) is 22.7 Å². The number of hydrogen-bond donors (Lipinski definition) is 3. The van der Waals surface area contributed by atoms with Crippen molar-refractivity contribution in [3.8, 4) is 0 Å². The number of nitrogens with zero attached hydrogens (tertiary/aromatic N) is 2. The number of amides is 1. The van der Waals surface area contributed by atoms with Crippen LogP contribution in [-0.4, -0.2) is 48.2 Å². The van der Waals surface area contributed by atoms with Gasteiger partial charge in [0.2, 0.25) is 0 Å². The first-order valence-corrected chi connectivity index (χ1v) is 11.4. The molecule has 3 N–H and O–H groups in total. The summed E-state index contributed by atoms with van der Waals surface area (Å²) in [6.07, 6.45) is 2.97. The maximum atomic E-state index is 12.9. The van der Waals surface area contributed by atoms with E-state index in [1.165, 1.54) is 18.1 Å². The predicted molar refractivity (Wildman–Crippen MR) is 136 cm³/mol. The van der Waals surface area contributed by atoms with E-state index in [1.54, 1.807) is 36.4 Å². The van der Waals surface area contributed by atoms with E-state index < -0.39 is 0 Å². The van der Waals surface area contributed by atoms with Crippen LogP contribution < -0.4 is 15.5 Å². The molecule has 1 aromatic heterocycles. The van der Waals surface area contributed by atoms with Crippen LogP contribution in [-0.2, 0) is 4.74 Å². The number of ketones is 1. The Balaban J connectivity index is 1.19. The molecule has 0 aliphatic carbocycles. The van der Waals surface area contributed by atoms with Crippen molar-refractivity contribution in [2.75, 3.05) is 41.8 Å². The summed E-state index contributed by atoms with van der Waals surface area (Å²) in [4.78, 5) is 27.3. The van der Waals surface area contributed by atoms with Crippen molar-refractivity contribution in [2.24, 2.45) is 0 Å². The average molecular weight is 468 g/mol. The fourth-order valence-electron chi connectivity index (χ4n) is 3.90. The number of hydrogen-bond acceptors (Lipinski definition) is 6. The molecule has 1 aliphatic rings. The van der Waals surface area contributed by atoms with E-state index in [1.807, 2.05) is 12.1 Å². The van der Waals surface area contributed by atoms with Gasteiger partial charge in [0.25, 0.3) is 5.91 Å². The first kappa shape index (κ1) is 22.4. The molecule has 1 saturated heterocycles. The Morgan fingerprint density at radius 2 is 1.34 bits per heavy atom. The fourth-order valence-corrected chi connectivity index (χ4v) is 3.90. The van der Waals surface area contributed by atoms with Gasteiger partial charge in [-0.25, -0.2) is 0 Å². The summed E-state index contributed by atoms with van der Waals surface area (Å²) in [5.41, 5.74) is 5.25. The highest BCUT2D eigenvalue weighted by Crippen LogP contribution is 2.23. The lowest BCUT2D eigenvalue weighted by molar-refractivity contribution is 0.102. The van der Waals surface area contributed by atoms with E-state index in [9.17, 15) is 9.59 Å². The van der Waals surface area contributed by atoms with Gasteiger partial charge in [0.05, 0.1) is 25.0 Å². The minimum atomic E-state index is -0.267. The lowest BCUT2D eigenvalue weighted by atomic mass is 10.0. The van der Waals surface area contributed by atoms with Crippen LogP contribution in [0.3, 0.4) is 0 Å². The summed E-state index contributed by atoms with van der Waals surface area (Å²) in [6, 6.07) is 22.5. The largest absolute Gasteiger partial charge is 0.378 e. The number of H-pyrrole nitrogens is 1. The highest BCUT2D eigenvalue weighted by Gasteiger charge is 2.12. The zero-order chi connectivity index (χ0) is 24.0. The van der Waals surface area contributed by atoms with Crippen LogP contribution in [0.15, 0.2) is 85.2 Å². The number of benzene rings is 3. The molecule has 4 aromatic rings. The number of ether oxygens (including phenoxy) is 1. The van der Waals surface area contributed by atoms with Crippen LogP contribution in [0.2, 0.25) is 0 Å². The molecular weight excluding hydrogens is 442 g/mol. The van der Waals surface area contributed by atoms with E-state index >= 15 is 0 Å². The van der Waals surface area contributed by atoms with Gasteiger partial charge in [-0.1, -0.05) is 0 Å². The summed E-state index contributed by atoms with van der Waals surface area (Å²) in [7, 11) is 0. The Bertz CT molecular complexity index is 1280. The molecule has 176 valence electrons. The molecule has 8 nitrogen and oxygen atoms in total. The lowest BCUT2D eigenvalue weighted by Crippen LogP contribution is -2.36. The topological polar surface area (TPSA) is 99.3 Å². The Kier molecular flexibility index (Phi) is 6.54. The summed E-state index contributed by atoms with van der Waals surface area (Å²) in [5.74, 6) is -0.351. The minimum Gasteiger partial charge on any atom is -0.378 e. The summed E-state index contributed by atoms with van der Waals surface area (Å²) in [5, 5.41) is 12.5. The number of carbonyl (C=O) groups excluding carboxylic acids is 2. The third-order valence-electron chi connectivity index (χ3n) is 5.84. The first-order valence-electron chi connectivity index (χ1n) is 11.4. The molecule has 8 heteroatoms. The second-order valence-electron chi connectivity index (χ2n) is 8.20. The van der Waals surface area contributed by atoms with Crippen LogP contribution in [0, 0.1) is 0 Å². The second kappa shape index (κ2) is 10.2. The van der Waals surface area contributed by atoms with E-state index in [-0.39, 0.29) is 11.7 Å². The number of aromatic amines is 1. The molecule has 1 aliphatic heterocycles. The Labute approximate surface area is 202 Å². The Morgan fingerprint density at radius 3 is 1.91 bits per heavy atom. The third-order valence-corrected chi connectivity index (χ3v) is 5.84. The van der Waals surface area contributed by atoms with Gasteiger partial charge in [-0.2, -0.15) is 5.10 Å². The number of morpholine rings is 1. The molecule has 0 spiro atoms. The molecule has 3 aromatic carbocycles. The monoisotopic (exact) mass is 467 g/mol. The van der Waals surface area contributed by atoms with Gasteiger partial charge >= 0.3 is 0 Å². The van der Waals surface area contributed by atoms with E-state index in [0.717, 1.165) is 37.7 Å². The van der Waals surface area contributed by atoms with Crippen LogP contribution in [0.5, 0.6) is 0 Å². The van der Waals surface area contributed by atoms with Crippen molar-refractivity contribution in [2.45, 2.75) is 0 Å². The molecule has 0 saturated carbocycles. The van der Waals surface area contributed by atoms with Gasteiger partial charge in [0, 0.05) is 53.2 Å².